The maximum atomic E-state index is 13.2. The zero-order valence-corrected chi connectivity index (χ0v) is 16.3. The van der Waals surface area contributed by atoms with Crippen LogP contribution in [-0.4, -0.2) is 28.9 Å². The molecule has 0 fully saturated rings. The Morgan fingerprint density at radius 3 is 2.27 bits per heavy atom. The van der Waals surface area contributed by atoms with Gasteiger partial charge in [-0.3, -0.25) is 18.6 Å². The molecule has 0 aromatic carbocycles. The molecule has 0 aliphatic carbocycles. The molecule has 0 N–H and O–H groups in total. The van der Waals surface area contributed by atoms with Crippen molar-refractivity contribution in [1.82, 2.24) is 23.1 Å². The van der Waals surface area contributed by atoms with E-state index in [1.807, 2.05) is 18.2 Å². The van der Waals surface area contributed by atoms with Crippen molar-refractivity contribution in [2.75, 3.05) is 0 Å². The van der Waals surface area contributed by atoms with Gasteiger partial charge in [-0.05, 0) is 41.0 Å². The Kier molecular flexibility index (Phi) is 4.17. The summed E-state index contributed by atoms with van der Waals surface area (Å²) in [6, 6.07) is -0.618. The van der Waals surface area contributed by atoms with Crippen molar-refractivity contribution in [3.8, 4) is 0 Å². The van der Waals surface area contributed by atoms with Crippen molar-refractivity contribution >= 4 is 22.7 Å². The molecule has 3 rings (SSSR count). The van der Waals surface area contributed by atoms with Crippen LogP contribution in [0.2, 0.25) is 0 Å². The minimum atomic E-state index is -0.825. The van der Waals surface area contributed by atoms with Crippen LogP contribution in [0, 0.1) is 13.8 Å². The van der Waals surface area contributed by atoms with Crippen LogP contribution in [0.5, 0.6) is 0 Å². The smallest absolute Gasteiger partial charge is 0.311 e. The lowest BCUT2D eigenvalue weighted by Gasteiger charge is -2.13. The number of carbonyl (C=O) groups is 1. The first-order valence-electron chi connectivity index (χ1n) is 8.84. The third-order valence-corrected chi connectivity index (χ3v) is 5.52. The Balaban J connectivity index is 2.58. The third kappa shape index (κ3) is 2.21. The average Bonchev–Trinajstić information content (AvgIpc) is 3.08. The van der Waals surface area contributed by atoms with E-state index in [0.717, 1.165) is 22.4 Å². The fourth-order valence-electron chi connectivity index (χ4n) is 3.48. The van der Waals surface area contributed by atoms with E-state index in [-0.39, 0.29) is 11.8 Å². The summed E-state index contributed by atoms with van der Waals surface area (Å²) in [5.41, 5.74) is 1.59. The van der Waals surface area contributed by atoms with Crippen LogP contribution in [0.25, 0.3) is 16.9 Å². The van der Waals surface area contributed by atoms with Gasteiger partial charge in [-0.2, -0.15) is 4.98 Å². The highest BCUT2D eigenvalue weighted by atomic mass is 16.2. The predicted octanol–water partition coefficient (Wildman–Crippen LogP) is 1.89. The van der Waals surface area contributed by atoms with E-state index in [0.29, 0.717) is 16.9 Å². The number of hydrogen-bond acceptors (Lipinski definition) is 4. The van der Waals surface area contributed by atoms with E-state index in [1.165, 1.54) is 11.5 Å². The molecule has 140 valence electrons. The molecule has 8 heteroatoms. The van der Waals surface area contributed by atoms with E-state index in [1.54, 1.807) is 14.0 Å². The second kappa shape index (κ2) is 5.96. The molecular formula is C18H25N5O3. The highest BCUT2D eigenvalue weighted by molar-refractivity contribution is 5.81. The van der Waals surface area contributed by atoms with Crippen molar-refractivity contribution in [1.29, 1.82) is 0 Å². The molecule has 0 aliphatic heterocycles. The van der Waals surface area contributed by atoms with E-state index in [9.17, 15) is 14.4 Å². The van der Waals surface area contributed by atoms with Crippen LogP contribution >= 0.6 is 0 Å². The van der Waals surface area contributed by atoms with Gasteiger partial charge in [0, 0.05) is 24.5 Å². The number of carbonyl (C=O) groups excluding carboxylic acids is 1. The van der Waals surface area contributed by atoms with Crippen molar-refractivity contribution in [2.24, 2.45) is 7.05 Å². The average molecular weight is 359 g/mol. The summed E-state index contributed by atoms with van der Waals surface area (Å²) in [4.78, 5) is 42.3. The Bertz CT molecular complexity index is 1160. The van der Waals surface area contributed by atoms with Gasteiger partial charge in [0.15, 0.2) is 16.9 Å². The number of imidazole rings is 2. The van der Waals surface area contributed by atoms with Gasteiger partial charge in [0.05, 0.1) is 6.04 Å². The fourth-order valence-corrected chi connectivity index (χ4v) is 3.48. The molecule has 0 aliphatic rings. The molecule has 0 radical (unpaired) electrons. The van der Waals surface area contributed by atoms with Crippen molar-refractivity contribution in [3.63, 3.8) is 0 Å². The number of nitrogens with zero attached hydrogens (tertiary/aromatic N) is 5. The van der Waals surface area contributed by atoms with E-state index >= 15 is 0 Å². The quantitative estimate of drug-likeness (QED) is 0.712. The first kappa shape index (κ1) is 18.2. The highest BCUT2D eigenvalue weighted by Crippen LogP contribution is 2.25. The maximum Gasteiger partial charge on any atom is 0.333 e. The van der Waals surface area contributed by atoms with Gasteiger partial charge in [0.1, 0.15) is 0 Å². The second-order valence-corrected chi connectivity index (χ2v) is 7.02. The Hall–Kier alpha value is -2.64. The lowest BCUT2D eigenvalue weighted by Crippen LogP contribution is -2.42. The number of Topliss-reactive ketones (excluding diaryl/α,β-unsaturated/α-hetero) is 1. The van der Waals surface area contributed by atoms with Gasteiger partial charge < -0.3 is 4.57 Å². The number of hydrogen-bond donors (Lipinski definition) is 0. The topological polar surface area (TPSA) is 83.3 Å². The molecule has 8 nitrogen and oxygen atoms in total. The standard InChI is InChI=1S/C18H25N5O3/c1-8-9(2)21-10(3)11(4)22-14-15(19-17(21)22)20(7)18(26)23(16(14)25)12(5)13(6)24/h9,12H,8H2,1-7H3/t9-,12+/m1/s1. The lowest BCUT2D eigenvalue weighted by atomic mass is 10.2. The van der Waals surface area contributed by atoms with Crippen LogP contribution in [0.4, 0.5) is 0 Å². The molecule has 3 aromatic heterocycles. The molecule has 0 spiro atoms. The van der Waals surface area contributed by atoms with Crippen LogP contribution in [-0.2, 0) is 11.8 Å². The summed E-state index contributed by atoms with van der Waals surface area (Å²) < 4.78 is 6.27. The molecule has 0 amide bonds. The first-order chi connectivity index (χ1) is 12.1. The SMILES string of the molecule is CC[C@@H](C)n1c(C)c(C)n2c3c(=O)n([C@@H](C)C(C)=O)c(=O)n(C)c3nc12. The maximum absolute atomic E-state index is 13.2. The number of ketones is 1. The van der Waals surface area contributed by atoms with Crippen LogP contribution < -0.4 is 11.2 Å². The highest BCUT2D eigenvalue weighted by Gasteiger charge is 2.26. The molecule has 26 heavy (non-hydrogen) atoms. The summed E-state index contributed by atoms with van der Waals surface area (Å²) in [5.74, 6) is 0.402. The minimum absolute atomic E-state index is 0.207. The number of aryl methyl sites for hydroxylation is 2. The van der Waals surface area contributed by atoms with Crippen LogP contribution in [0.1, 0.15) is 57.6 Å². The Morgan fingerprint density at radius 1 is 1.12 bits per heavy atom. The largest absolute Gasteiger partial charge is 0.333 e. The van der Waals surface area contributed by atoms with Gasteiger partial charge in [0.2, 0.25) is 5.78 Å². The summed E-state index contributed by atoms with van der Waals surface area (Å²) in [5, 5.41) is 0. The molecular weight excluding hydrogens is 334 g/mol. The number of fused-ring (bicyclic) bond motifs is 3. The van der Waals surface area contributed by atoms with Crippen LogP contribution in [0.15, 0.2) is 9.59 Å². The van der Waals surface area contributed by atoms with Gasteiger partial charge in [-0.1, -0.05) is 6.92 Å². The van der Waals surface area contributed by atoms with Crippen molar-refractivity contribution in [2.45, 2.75) is 60.0 Å². The summed E-state index contributed by atoms with van der Waals surface area (Å²) in [6.45, 7) is 11.1. The molecule has 0 saturated heterocycles. The zero-order valence-electron chi connectivity index (χ0n) is 16.3. The van der Waals surface area contributed by atoms with E-state index < -0.39 is 17.3 Å². The molecule has 2 atom stereocenters. The van der Waals surface area contributed by atoms with Crippen molar-refractivity contribution in [3.05, 3.63) is 32.2 Å². The van der Waals surface area contributed by atoms with Gasteiger partial charge in [-0.25, -0.2) is 9.36 Å². The van der Waals surface area contributed by atoms with Crippen LogP contribution in [0.3, 0.4) is 0 Å². The molecule has 0 bridgehead atoms. The second-order valence-electron chi connectivity index (χ2n) is 7.02. The molecule has 0 unspecified atom stereocenters. The number of aromatic nitrogens is 5. The normalized spacial score (nSPS) is 14.3. The van der Waals surface area contributed by atoms with E-state index in [4.69, 9.17) is 0 Å². The Labute approximate surface area is 150 Å². The monoisotopic (exact) mass is 359 g/mol. The first-order valence-corrected chi connectivity index (χ1v) is 8.84. The molecule has 3 heterocycles. The summed E-state index contributed by atoms with van der Waals surface area (Å²) in [7, 11) is 1.58. The van der Waals surface area contributed by atoms with Gasteiger partial charge >= 0.3 is 5.69 Å². The predicted molar refractivity (Wildman–Crippen MR) is 100 cm³/mol. The van der Waals surface area contributed by atoms with Gasteiger partial charge in [0.25, 0.3) is 5.56 Å². The third-order valence-electron chi connectivity index (χ3n) is 5.52. The van der Waals surface area contributed by atoms with Gasteiger partial charge in [-0.15, -0.1) is 0 Å². The summed E-state index contributed by atoms with van der Waals surface area (Å²) in [6.07, 6.45) is 0.915. The number of rotatable bonds is 4. The fraction of sp³-hybridized carbons (Fsp3) is 0.556. The van der Waals surface area contributed by atoms with E-state index in [2.05, 4.69) is 23.4 Å². The minimum Gasteiger partial charge on any atom is -0.311 e. The van der Waals surface area contributed by atoms with Crippen molar-refractivity contribution < 1.29 is 4.79 Å². The molecule has 0 saturated carbocycles. The lowest BCUT2D eigenvalue weighted by molar-refractivity contribution is -0.119. The zero-order chi connectivity index (χ0) is 19.5. The summed E-state index contributed by atoms with van der Waals surface area (Å²) >= 11 is 0. The molecule has 3 aromatic rings. The Morgan fingerprint density at radius 2 is 1.73 bits per heavy atom.